The van der Waals surface area contributed by atoms with Gasteiger partial charge in [0.2, 0.25) is 11.8 Å². The van der Waals surface area contributed by atoms with Crippen molar-refractivity contribution in [1.29, 1.82) is 0 Å². The zero-order valence-electron chi connectivity index (χ0n) is 30.4. The van der Waals surface area contributed by atoms with Crippen LogP contribution in [0.2, 0.25) is 0 Å². The first-order valence-electron chi connectivity index (χ1n) is 17.3. The molecular formula is C39H48N4O8. The van der Waals surface area contributed by atoms with Gasteiger partial charge in [-0.3, -0.25) is 9.59 Å². The number of hydrogen-bond acceptors (Lipinski definition) is 9. The number of fused-ring (bicyclic) bond motifs is 1. The van der Waals surface area contributed by atoms with Gasteiger partial charge in [0.15, 0.2) is 0 Å². The number of methoxy groups -OCH3 is 1. The highest BCUT2D eigenvalue weighted by molar-refractivity contribution is 5.97. The highest BCUT2D eigenvalue weighted by atomic mass is 16.6. The number of aromatic nitrogens is 1. The molecule has 0 radical (unpaired) electrons. The van der Waals surface area contributed by atoms with E-state index in [-0.39, 0.29) is 31.4 Å². The van der Waals surface area contributed by atoms with E-state index in [0.717, 1.165) is 10.9 Å². The number of carbonyl (C=O) groups is 4. The van der Waals surface area contributed by atoms with Crippen molar-refractivity contribution in [3.8, 4) is 22.8 Å². The smallest absolute Gasteiger partial charge is 0.408 e. The molecule has 272 valence electrons. The summed E-state index contributed by atoms with van der Waals surface area (Å²) in [6, 6.07) is 15.0. The number of alkyl carbamates (subject to hydrolysis) is 1. The van der Waals surface area contributed by atoms with Crippen LogP contribution in [0.1, 0.15) is 54.4 Å². The molecule has 5 atom stereocenters. The fourth-order valence-electron chi connectivity index (χ4n) is 6.40. The summed E-state index contributed by atoms with van der Waals surface area (Å²) in [5, 5.41) is 6.34. The lowest BCUT2D eigenvalue weighted by molar-refractivity contribution is -0.150. The quantitative estimate of drug-likeness (QED) is 0.187. The molecular weight excluding hydrogens is 652 g/mol. The van der Waals surface area contributed by atoms with E-state index < -0.39 is 53.2 Å². The first kappa shape index (κ1) is 37.1. The van der Waals surface area contributed by atoms with Gasteiger partial charge in [0, 0.05) is 35.4 Å². The second-order valence-electron chi connectivity index (χ2n) is 14.3. The Morgan fingerprint density at radius 3 is 2.43 bits per heavy atom. The third kappa shape index (κ3) is 8.27. The number of carbonyl (C=O) groups excluding carboxylic acids is 4. The lowest BCUT2D eigenvalue weighted by atomic mass is 10.0. The van der Waals surface area contributed by atoms with E-state index >= 15 is 0 Å². The molecule has 1 saturated heterocycles. The molecule has 2 fully saturated rings. The van der Waals surface area contributed by atoms with Gasteiger partial charge in [-0.25, -0.2) is 14.6 Å². The van der Waals surface area contributed by atoms with Crippen LogP contribution in [0.4, 0.5) is 4.79 Å². The first-order chi connectivity index (χ1) is 24.2. The lowest BCUT2D eigenvalue weighted by Gasteiger charge is -2.31. The highest BCUT2D eigenvalue weighted by Gasteiger charge is 2.62. The predicted octanol–water partition coefficient (Wildman–Crippen LogP) is 5.43. The molecule has 2 heterocycles. The summed E-state index contributed by atoms with van der Waals surface area (Å²) < 4.78 is 22.9. The molecule has 51 heavy (non-hydrogen) atoms. The van der Waals surface area contributed by atoms with Gasteiger partial charge in [-0.05, 0) is 52.2 Å². The average molecular weight is 701 g/mol. The van der Waals surface area contributed by atoms with E-state index in [2.05, 4.69) is 17.2 Å². The van der Waals surface area contributed by atoms with Gasteiger partial charge in [0.25, 0.3) is 0 Å². The van der Waals surface area contributed by atoms with Gasteiger partial charge in [-0.2, -0.15) is 0 Å². The summed E-state index contributed by atoms with van der Waals surface area (Å²) in [5.41, 5.74) is 0.152. The van der Waals surface area contributed by atoms with Crippen molar-refractivity contribution in [2.75, 3.05) is 20.3 Å². The van der Waals surface area contributed by atoms with Crippen molar-refractivity contribution in [1.82, 2.24) is 20.5 Å². The number of likely N-dealkylation sites (tertiary alicyclic amines) is 1. The zero-order chi connectivity index (χ0) is 37.1. The number of amides is 3. The van der Waals surface area contributed by atoms with E-state index in [1.165, 1.54) is 4.90 Å². The number of pyridine rings is 1. The average Bonchev–Trinajstić information content (AvgIpc) is 3.65. The second-order valence-corrected chi connectivity index (χ2v) is 14.3. The maximum absolute atomic E-state index is 14.3. The number of hydrogen-bond donors (Lipinski definition) is 2. The van der Waals surface area contributed by atoms with Crippen molar-refractivity contribution in [3.63, 3.8) is 0 Å². The van der Waals surface area contributed by atoms with Crippen LogP contribution in [0, 0.1) is 11.8 Å². The third-order valence-electron chi connectivity index (χ3n) is 9.08. The molecule has 12 nitrogen and oxygen atoms in total. The molecule has 2 N–H and O–H groups in total. The Labute approximate surface area is 298 Å². The minimum atomic E-state index is -1.26. The number of rotatable bonds is 12. The number of nitrogens with one attached hydrogen (secondary N) is 2. The Morgan fingerprint density at radius 2 is 1.82 bits per heavy atom. The SMILES string of the molecule is C=CC1CC1(NC(=O)C1CC(Oc2cc(-c3ccccc3)nc3cc(OC)ccc23)CN1C(=O)C(NC(=O)OC(C)(C)C)C(C)C)C(=O)OCC. The number of ether oxygens (including phenoxy) is 4. The molecule has 2 aromatic carbocycles. The van der Waals surface area contributed by atoms with Crippen molar-refractivity contribution >= 4 is 34.8 Å². The Bertz CT molecular complexity index is 1790. The Hall–Kier alpha value is -5.13. The van der Waals surface area contributed by atoms with Crippen molar-refractivity contribution in [2.24, 2.45) is 11.8 Å². The summed E-state index contributed by atoms with van der Waals surface area (Å²) >= 11 is 0. The Balaban J connectivity index is 1.49. The molecule has 3 aromatic rings. The molecule has 12 heteroatoms. The van der Waals surface area contributed by atoms with E-state index in [4.69, 9.17) is 23.9 Å². The van der Waals surface area contributed by atoms with Crippen LogP contribution in [-0.2, 0) is 23.9 Å². The van der Waals surface area contributed by atoms with Crippen molar-refractivity contribution < 1.29 is 38.1 Å². The van der Waals surface area contributed by atoms with E-state index in [0.29, 0.717) is 29.1 Å². The molecule has 5 rings (SSSR count). The normalized spacial score (nSPS) is 21.8. The van der Waals surface area contributed by atoms with Gasteiger partial charge in [0.1, 0.15) is 40.8 Å². The summed E-state index contributed by atoms with van der Waals surface area (Å²) in [4.78, 5) is 60.7. The molecule has 1 saturated carbocycles. The maximum atomic E-state index is 14.3. The van der Waals surface area contributed by atoms with E-state index in [1.54, 1.807) is 54.7 Å². The fourth-order valence-corrected chi connectivity index (χ4v) is 6.40. The molecule has 1 aliphatic carbocycles. The van der Waals surface area contributed by atoms with Crippen LogP contribution in [0.5, 0.6) is 11.5 Å². The van der Waals surface area contributed by atoms with Crippen LogP contribution >= 0.6 is 0 Å². The number of nitrogens with zero attached hydrogens (tertiary/aromatic N) is 2. The van der Waals surface area contributed by atoms with E-state index in [9.17, 15) is 19.2 Å². The van der Waals surface area contributed by atoms with Gasteiger partial charge < -0.3 is 34.5 Å². The van der Waals surface area contributed by atoms with Crippen molar-refractivity contribution in [2.45, 2.75) is 83.7 Å². The summed E-state index contributed by atoms with van der Waals surface area (Å²) in [5.74, 6) is -1.06. The minimum absolute atomic E-state index is 0.0358. The fraction of sp³-hybridized carbons (Fsp3) is 0.462. The third-order valence-corrected chi connectivity index (χ3v) is 9.08. The first-order valence-corrected chi connectivity index (χ1v) is 17.3. The van der Waals surface area contributed by atoms with Gasteiger partial charge in [-0.15, -0.1) is 6.58 Å². The van der Waals surface area contributed by atoms with Crippen LogP contribution < -0.4 is 20.1 Å². The van der Waals surface area contributed by atoms with Gasteiger partial charge in [-0.1, -0.05) is 50.3 Å². The molecule has 0 spiro atoms. The molecule has 1 aliphatic heterocycles. The molecule has 0 bridgehead atoms. The molecule has 2 aliphatic rings. The summed E-state index contributed by atoms with van der Waals surface area (Å²) in [7, 11) is 1.59. The second kappa shape index (κ2) is 15.0. The monoisotopic (exact) mass is 700 g/mol. The number of esters is 1. The molecule has 5 unspecified atom stereocenters. The van der Waals surface area contributed by atoms with Crippen LogP contribution in [0.3, 0.4) is 0 Å². The van der Waals surface area contributed by atoms with Crippen LogP contribution in [0.25, 0.3) is 22.2 Å². The minimum Gasteiger partial charge on any atom is -0.497 e. The zero-order valence-corrected chi connectivity index (χ0v) is 30.4. The van der Waals surface area contributed by atoms with Crippen LogP contribution in [-0.4, -0.2) is 83.3 Å². The van der Waals surface area contributed by atoms with Crippen LogP contribution in [0.15, 0.2) is 67.3 Å². The van der Waals surface area contributed by atoms with Gasteiger partial charge >= 0.3 is 12.1 Å². The van der Waals surface area contributed by atoms with Crippen molar-refractivity contribution in [3.05, 3.63) is 67.3 Å². The number of benzene rings is 2. The predicted molar refractivity (Wildman–Crippen MR) is 192 cm³/mol. The maximum Gasteiger partial charge on any atom is 0.408 e. The Kier molecular flexibility index (Phi) is 10.9. The largest absolute Gasteiger partial charge is 0.497 e. The van der Waals surface area contributed by atoms with Gasteiger partial charge in [0.05, 0.1) is 31.5 Å². The summed E-state index contributed by atoms with van der Waals surface area (Å²) in [6.07, 6.45) is 0.693. The molecule has 3 amide bonds. The standard InChI is InChI=1S/C39H48N4O8/c1-9-25-21-39(25,36(46)49-10-2)42-34(44)31-19-27(22-43(31)35(45)33(23(3)4)41-37(47)51-38(5,6)7)50-32-20-29(24-14-12-11-13-15-24)40-30-18-26(48-8)16-17-28(30)32/h9,11-18,20,23,25,27,31,33H,1,10,19,21-22H2,2-8H3,(H,41,47)(H,42,44). The molecule has 1 aromatic heterocycles. The Morgan fingerprint density at radius 1 is 1.10 bits per heavy atom. The summed E-state index contributed by atoms with van der Waals surface area (Å²) in [6.45, 7) is 14.5. The lowest BCUT2D eigenvalue weighted by Crippen LogP contribution is -2.57. The highest BCUT2D eigenvalue weighted by Crippen LogP contribution is 2.46. The van der Waals surface area contributed by atoms with E-state index in [1.807, 2.05) is 54.6 Å². The topological polar surface area (TPSA) is 145 Å².